The number of carbonyl (C=O) groups is 1. The Balaban J connectivity index is 2.15. The molecule has 0 spiro atoms. The molecule has 0 aliphatic carbocycles. The second-order valence-corrected chi connectivity index (χ2v) is 4.89. The molecule has 1 aromatic carbocycles. The highest BCUT2D eigenvalue weighted by molar-refractivity contribution is 6.30. The summed E-state index contributed by atoms with van der Waals surface area (Å²) in [6.07, 6.45) is 2.05. The highest BCUT2D eigenvalue weighted by Gasteiger charge is 2.18. The molecule has 3 aromatic rings. The maximum atomic E-state index is 11.5. The molecule has 2 aromatic heterocycles. The third-order valence-electron chi connectivity index (χ3n) is 3.07. The number of aromatic carboxylic acids is 1. The topological polar surface area (TPSA) is 54.6 Å². The smallest absolute Gasteiger partial charge is 0.354 e. The fourth-order valence-electron chi connectivity index (χ4n) is 2.21. The Morgan fingerprint density at radius 2 is 1.95 bits per heavy atom. The number of rotatable bonds is 3. The van der Waals surface area contributed by atoms with Gasteiger partial charge in [-0.05, 0) is 17.7 Å². The lowest BCUT2D eigenvalue weighted by molar-refractivity contribution is 0.0688. The van der Waals surface area contributed by atoms with Gasteiger partial charge in [0.2, 0.25) is 0 Å². The van der Waals surface area contributed by atoms with Crippen molar-refractivity contribution < 1.29 is 9.90 Å². The van der Waals surface area contributed by atoms with Crippen LogP contribution in [-0.4, -0.2) is 20.5 Å². The van der Waals surface area contributed by atoms with E-state index >= 15 is 0 Å². The van der Waals surface area contributed by atoms with E-state index in [-0.39, 0.29) is 5.69 Å². The van der Waals surface area contributed by atoms with E-state index < -0.39 is 5.97 Å². The average Bonchev–Trinajstić information content (AvgIpc) is 2.77. The quantitative estimate of drug-likeness (QED) is 0.804. The number of hydrogen-bond acceptors (Lipinski definition) is 2. The van der Waals surface area contributed by atoms with Crippen LogP contribution in [0.5, 0.6) is 0 Å². The second-order valence-electron chi connectivity index (χ2n) is 4.45. The van der Waals surface area contributed by atoms with Crippen molar-refractivity contribution in [3.8, 4) is 0 Å². The Labute approximate surface area is 120 Å². The first-order valence-corrected chi connectivity index (χ1v) is 6.46. The first kappa shape index (κ1) is 12.7. The summed E-state index contributed by atoms with van der Waals surface area (Å²) in [5.74, 6) is -1.01. The second kappa shape index (κ2) is 4.98. The molecule has 0 radical (unpaired) electrons. The maximum Gasteiger partial charge on any atom is 0.354 e. The van der Waals surface area contributed by atoms with Gasteiger partial charge in [0, 0.05) is 12.6 Å². The van der Waals surface area contributed by atoms with Crippen molar-refractivity contribution in [2.75, 3.05) is 0 Å². The fraction of sp³-hybridized carbons (Fsp3) is 0.0667. The monoisotopic (exact) mass is 286 g/mol. The standard InChI is InChI=1S/C15H11ClN2O2/c16-11-6-7-13-17-12(8-10-4-2-1-3-5-10)14(15(19)20)18(13)9-11/h1-7,9H,8H2,(H,19,20). The van der Waals surface area contributed by atoms with E-state index in [4.69, 9.17) is 11.6 Å². The summed E-state index contributed by atoms with van der Waals surface area (Å²) in [4.78, 5) is 15.9. The molecule has 100 valence electrons. The zero-order valence-corrected chi connectivity index (χ0v) is 11.2. The molecule has 0 unspecified atom stereocenters. The molecule has 0 aliphatic rings. The number of pyridine rings is 1. The zero-order valence-electron chi connectivity index (χ0n) is 10.5. The van der Waals surface area contributed by atoms with Gasteiger partial charge < -0.3 is 5.11 Å². The van der Waals surface area contributed by atoms with Crippen molar-refractivity contribution in [1.82, 2.24) is 9.38 Å². The van der Waals surface area contributed by atoms with Crippen molar-refractivity contribution in [2.24, 2.45) is 0 Å². The molecule has 1 N–H and O–H groups in total. The van der Waals surface area contributed by atoms with E-state index in [1.165, 1.54) is 4.40 Å². The Bertz CT molecular complexity index is 781. The minimum atomic E-state index is -1.01. The van der Waals surface area contributed by atoms with Crippen LogP contribution in [0.1, 0.15) is 21.7 Å². The molecule has 5 heteroatoms. The van der Waals surface area contributed by atoms with Crippen LogP contribution >= 0.6 is 11.6 Å². The van der Waals surface area contributed by atoms with E-state index in [2.05, 4.69) is 4.98 Å². The summed E-state index contributed by atoms with van der Waals surface area (Å²) in [5.41, 5.74) is 2.29. The molecule has 0 bridgehead atoms. The van der Waals surface area contributed by atoms with Crippen molar-refractivity contribution in [3.05, 3.63) is 70.6 Å². The van der Waals surface area contributed by atoms with Gasteiger partial charge in [-0.15, -0.1) is 0 Å². The van der Waals surface area contributed by atoms with Gasteiger partial charge in [0.1, 0.15) is 5.65 Å². The number of benzene rings is 1. The molecular formula is C15H11ClN2O2. The highest BCUT2D eigenvalue weighted by atomic mass is 35.5. The van der Waals surface area contributed by atoms with Crippen LogP contribution in [0.15, 0.2) is 48.7 Å². The third-order valence-corrected chi connectivity index (χ3v) is 3.30. The van der Waals surface area contributed by atoms with E-state index in [1.54, 1.807) is 18.3 Å². The van der Waals surface area contributed by atoms with E-state index in [9.17, 15) is 9.90 Å². The van der Waals surface area contributed by atoms with Gasteiger partial charge >= 0.3 is 5.97 Å². The van der Waals surface area contributed by atoms with E-state index in [0.29, 0.717) is 22.8 Å². The largest absolute Gasteiger partial charge is 0.477 e. The first-order chi connectivity index (χ1) is 9.65. The lowest BCUT2D eigenvalue weighted by Crippen LogP contribution is -2.05. The Kier molecular flexibility index (Phi) is 3.16. The van der Waals surface area contributed by atoms with Crippen molar-refractivity contribution in [3.63, 3.8) is 0 Å². The molecule has 3 rings (SSSR count). The minimum absolute atomic E-state index is 0.159. The molecule has 0 saturated carbocycles. The lowest BCUT2D eigenvalue weighted by Gasteiger charge is -2.01. The fourth-order valence-corrected chi connectivity index (χ4v) is 2.37. The molecule has 0 amide bonds. The summed E-state index contributed by atoms with van der Waals surface area (Å²) in [7, 11) is 0. The Hall–Kier alpha value is -2.33. The van der Waals surface area contributed by atoms with Gasteiger partial charge in [-0.1, -0.05) is 41.9 Å². The van der Waals surface area contributed by atoms with Gasteiger partial charge in [0.15, 0.2) is 5.69 Å². The van der Waals surface area contributed by atoms with Crippen LogP contribution in [0, 0.1) is 0 Å². The Morgan fingerprint density at radius 1 is 1.20 bits per heavy atom. The predicted octanol–water partition coefficient (Wildman–Crippen LogP) is 3.28. The molecule has 0 atom stereocenters. The SMILES string of the molecule is O=C(O)c1c(Cc2ccccc2)nc2ccc(Cl)cn12. The summed E-state index contributed by atoms with van der Waals surface area (Å²) in [6, 6.07) is 13.1. The lowest BCUT2D eigenvalue weighted by atomic mass is 10.1. The van der Waals surface area contributed by atoms with E-state index in [1.807, 2.05) is 30.3 Å². The predicted molar refractivity (Wildman–Crippen MR) is 76.4 cm³/mol. The number of fused-ring (bicyclic) bond motifs is 1. The first-order valence-electron chi connectivity index (χ1n) is 6.09. The average molecular weight is 287 g/mol. The van der Waals surface area contributed by atoms with Gasteiger partial charge in [0.25, 0.3) is 0 Å². The number of aromatic nitrogens is 2. The van der Waals surface area contributed by atoms with Gasteiger partial charge in [-0.25, -0.2) is 9.78 Å². The van der Waals surface area contributed by atoms with Crippen LogP contribution < -0.4 is 0 Å². The molecule has 20 heavy (non-hydrogen) atoms. The summed E-state index contributed by atoms with van der Waals surface area (Å²) in [5, 5.41) is 9.89. The van der Waals surface area contributed by atoms with Gasteiger partial charge in [-0.3, -0.25) is 4.40 Å². The normalized spacial score (nSPS) is 10.8. The molecule has 4 nitrogen and oxygen atoms in total. The molecule has 2 heterocycles. The summed E-state index contributed by atoms with van der Waals surface area (Å²) < 4.78 is 1.52. The van der Waals surface area contributed by atoms with E-state index in [0.717, 1.165) is 5.56 Å². The molecular weight excluding hydrogens is 276 g/mol. The third kappa shape index (κ3) is 2.26. The number of carboxylic acid groups (broad SMARTS) is 1. The Morgan fingerprint density at radius 3 is 2.65 bits per heavy atom. The molecule has 0 fully saturated rings. The zero-order chi connectivity index (χ0) is 14.1. The summed E-state index contributed by atoms with van der Waals surface area (Å²) in [6.45, 7) is 0. The van der Waals surface area contributed by atoms with Crippen LogP contribution in [0.4, 0.5) is 0 Å². The van der Waals surface area contributed by atoms with Crippen molar-refractivity contribution >= 4 is 23.2 Å². The number of imidazole rings is 1. The van der Waals surface area contributed by atoms with Gasteiger partial charge in [-0.2, -0.15) is 0 Å². The van der Waals surface area contributed by atoms with Crippen LogP contribution in [-0.2, 0) is 6.42 Å². The number of nitrogens with zero attached hydrogens (tertiary/aromatic N) is 2. The highest BCUT2D eigenvalue weighted by Crippen LogP contribution is 2.19. The molecule has 0 saturated heterocycles. The number of carboxylic acids is 1. The van der Waals surface area contributed by atoms with Crippen molar-refractivity contribution in [1.29, 1.82) is 0 Å². The van der Waals surface area contributed by atoms with Crippen LogP contribution in [0.2, 0.25) is 5.02 Å². The number of hydrogen-bond donors (Lipinski definition) is 1. The number of halogens is 1. The van der Waals surface area contributed by atoms with Gasteiger partial charge in [0.05, 0.1) is 10.7 Å². The summed E-state index contributed by atoms with van der Waals surface area (Å²) >= 11 is 5.92. The van der Waals surface area contributed by atoms with Crippen molar-refractivity contribution in [2.45, 2.75) is 6.42 Å². The molecule has 0 aliphatic heterocycles. The van der Waals surface area contributed by atoms with Crippen LogP contribution in [0.25, 0.3) is 5.65 Å². The van der Waals surface area contributed by atoms with Crippen LogP contribution in [0.3, 0.4) is 0 Å². The minimum Gasteiger partial charge on any atom is -0.477 e. The maximum absolute atomic E-state index is 11.5.